The van der Waals surface area contributed by atoms with E-state index >= 15 is 0 Å². The van der Waals surface area contributed by atoms with Gasteiger partial charge in [-0.25, -0.2) is 0 Å². The summed E-state index contributed by atoms with van der Waals surface area (Å²) in [4.78, 5) is 0. The van der Waals surface area contributed by atoms with Gasteiger partial charge in [-0.1, -0.05) is 32.6 Å². The van der Waals surface area contributed by atoms with Gasteiger partial charge in [0.05, 0.1) is 0 Å². The van der Waals surface area contributed by atoms with Gasteiger partial charge in [0.15, 0.2) is 0 Å². The van der Waals surface area contributed by atoms with Gasteiger partial charge in [-0.2, -0.15) is 0 Å². The molecule has 1 radical (unpaired) electrons. The summed E-state index contributed by atoms with van der Waals surface area (Å²) in [7, 11) is -0.713. The van der Waals surface area contributed by atoms with Crippen molar-refractivity contribution in [1.82, 2.24) is 0 Å². The number of rotatable bonds is 2. The van der Waals surface area contributed by atoms with Crippen molar-refractivity contribution in [3.8, 4) is 0 Å². The van der Waals surface area contributed by atoms with Crippen molar-refractivity contribution >= 4 is 8.07 Å². The predicted octanol–water partition coefficient (Wildman–Crippen LogP) is 2.55. The van der Waals surface area contributed by atoms with E-state index in [-0.39, 0.29) is 0 Å². The average molecular weight is 115 g/mol. The Hall–Kier alpha value is 0.217. The maximum Gasteiger partial charge on any atom is 0.0445 e. The van der Waals surface area contributed by atoms with E-state index in [1.54, 1.807) is 0 Å². The Kier molecular flexibility index (Phi) is 2.58. The normalized spacial score (nSPS) is 12.0. The van der Waals surface area contributed by atoms with Crippen molar-refractivity contribution < 1.29 is 0 Å². The van der Waals surface area contributed by atoms with Gasteiger partial charge in [-0.15, -0.1) is 0 Å². The molecule has 7 heavy (non-hydrogen) atoms. The lowest BCUT2D eigenvalue weighted by molar-refractivity contribution is 1.32. The first-order valence-corrected chi connectivity index (χ1v) is 6.55. The molecule has 0 atom stereocenters. The summed E-state index contributed by atoms with van der Waals surface area (Å²) < 4.78 is 0. The van der Waals surface area contributed by atoms with Crippen LogP contribution in [0.3, 0.4) is 0 Å². The van der Waals surface area contributed by atoms with Crippen LogP contribution in [0.4, 0.5) is 0 Å². The Labute approximate surface area is 47.9 Å². The molecule has 0 fully saturated rings. The molecule has 1 heteroatoms. The van der Waals surface area contributed by atoms with Crippen molar-refractivity contribution in [2.75, 3.05) is 0 Å². The third kappa shape index (κ3) is 6.22. The molecule has 0 saturated heterocycles. The summed E-state index contributed by atoms with van der Waals surface area (Å²) >= 11 is 0. The van der Waals surface area contributed by atoms with Crippen molar-refractivity contribution in [3.63, 3.8) is 0 Å². The minimum Gasteiger partial charge on any atom is -0.0695 e. The summed E-state index contributed by atoms with van der Waals surface area (Å²) in [6, 6.07) is 1.35. The maximum atomic E-state index is 2.38. The molecule has 0 N–H and O–H groups in total. The lowest BCUT2D eigenvalue weighted by Crippen LogP contribution is -2.18. The maximum absolute atomic E-state index is 2.38. The fourth-order valence-electron chi connectivity index (χ4n) is 0.612. The van der Waals surface area contributed by atoms with Crippen LogP contribution in [-0.4, -0.2) is 8.07 Å². The van der Waals surface area contributed by atoms with Gasteiger partial charge in [0.2, 0.25) is 0 Å². The molecular weight excluding hydrogens is 100 g/mol. The molecule has 0 aliphatic rings. The van der Waals surface area contributed by atoms with E-state index in [0.29, 0.717) is 0 Å². The van der Waals surface area contributed by atoms with Crippen molar-refractivity contribution in [2.24, 2.45) is 0 Å². The molecule has 0 heterocycles. The second-order valence-corrected chi connectivity index (χ2v) is 8.70. The van der Waals surface area contributed by atoms with Crippen LogP contribution in [0.5, 0.6) is 0 Å². The van der Waals surface area contributed by atoms with Crippen LogP contribution in [0.15, 0.2) is 0 Å². The Bertz CT molecular complexity index is 42.6. The molecule has 43 valence electrons. The summed E-state index contributed by atoms with van der Waals surface area (Å²) in [5.41, 5.74) is 0. The van der Waals surface area contributed by atoms with Crippen LogP contribution in [0.1, 0.15) is 6.92 Å². The molecule has 0 rings (SSSR count). The SMILES string of the molecule is C[CH]C[Si](C)(C)C. The Morgan fingerprint density at radius 3 is 1.71 bits per heavy atom. The summed E-state index contributed by atoms with van der Waals surface area (Å²) in [6.45, 7) is 9.28. The molecule has 0 bridgehead atoms. The third-order valence-electron chi connectivity index (χ3n) is 0.816. The minimum absolute atomic E-state index is 0.713. The van der Waals surface area contributed by atoms with E-state index in [1.165, 1.54) is 6.04 Å². The largest absolute Gasteiger partial charge is 0.0695 e. The molecule has 0 aromatic carbocycles. The molecule has 0 amide bonds. The molecule has 0 aromatic rings. The van der Waals surface area contributed by atoms with Gasteiger partial charge >= 0.3 is 0 Å². The summed E-state index contributed by atoms with van der Waals surface area (Å²) in [6.07, 6.45) is 2.27. The molecule has 0 aliphatic carbocycles. The monoisotopic (exact) mass is 115 g/mol. The zero-order valence-corrected chi connectivity index (χ0v) is 6.78. The van der Waals surface area contributed by atoms with E-state index in [1.807, 2.05) is 0 Å². The van der Waals surface area contributed by atoms with Gasteiger partial charge < -0.3 is 0 Å². The van der Waals surface area contributed by atoms with E-state index in [9.17, 15) is 0 Å². The van der Waals surface area contributed by atoms with Gasteiger partial charge in [0.1, 0.15) is 0 Å². The van der Waals surface area contributed by atoms with E-state index in [2.05, 4.69) is 33.0 Å². The lowest BCUT2D eigenvalue weighted by Gasteiger charge is -2.12. The first-order chi connectivity index (χ1) is 3.06. The highest BCUT2D eigenvalue weighted by Gasteiger charge is 2.09. The van der Waals surface area contributed by atoms with Gasteiger partial charge in [-0.05, 0) is 6.42 Å². The highest BCUT2D eigenvalue weighted by atomic mass is 28.3. The number of hydrogen-bond donors (Lipinski definition) is 0. The van der Waals surface area contributed by atoms with Crippen molar-refractivity contribution in [3.05, 3.63) is 6.42 Å². The van der Waals surface area contributed by atoms with Gasteiger partial charge in [0, 0.05) is 8.07 Å². The average Bonchev–Trinajstić information content (AvgIpc) is 1.30. The minimum atomic E-state index is -0.713. The van der Waals surface area contributed by atoms with E-state index in [0.717, 1.165) is 0 Å². The zero-order chi connectivity index (χ0) is 5.91. The van der Waals surface area contributed by atoms with Crippen LogP contribution in [-0.2, 0) is 0 Å². The third-order valence-corrected chi connectivity index (χ3v) is 2.45. The van der Waals surface area contributed by atoms with Crippen LogP contribution in [0, 0.1) is 6.42 Å². The highest BCUT2D eigenvalue weighted by molar-refractivity contribution is 6.76. The molecule has 0 nitrogen and oxygen atoms in total. The second kappa shape index (κ2) is 2.51. The first-order valence-electron chi connectivity index (χ1n) is 2.84. The Balaban J connectivity index is 3.15. The molecule has 0 spiro atoms. The van der Waals surface area contributed by atoms with E-state index < -0.39 is 8.07 Å². The van der Waals surface area contributed by atoms with Crippen LogP contribution >= 0.6 is 0 Å². The van der Waals surface area contributed by atoms with Gasteiger partial charge in [0.25, 0.3) is 0 Å². The molecule has 0 unspecified atom stereocenters. The fraction of sp³-hybridized carbons (Fsp3) is 0.833. The smallest absolute Gasteiger partial charge is 0.0445 e. The lowest BCUT2D eigenvalue weighted by atomic mass is 10.6. The standard InChI is InChI=1S/C6H15Si/c1-5-6-7(2,3)4/h5H,6H2,1-4H3. The van der Waals surface area contributed by atoms with E-state index in [4.69, 9.17) is 0 Å². The van der Waals surface area contributed by atoms with Crippen molar-refractivity contribution in [1.29, 1.82) is 0 Å². The Morgan fingerprint density at radius 2 is 1.71 bits per heavy atom. The number of hydrogen-bond acceptors (Lipinski definition) is 0. The van der Waals surface area contributed by atoms with Crippen LogP contribution in [0.25, 0.3) is 0 Å². The van der Waals surface area contributed by atoms with Crippen LogP contribution in [0.2, 0.25) is 25.7 Å². The summed E-state index contributed by atoms with van der Waals surface area (Å²) in [5, 5.41) is 0. The molecule has 0 saturated carbocycles. The zero-order valence-electron chi connectivity index (χ0n) is 5.78. The van der Waals surface area contributed by atoms with Crippen LogP contribution < -0.4 is 0 Å². The van der Waals surface area contributed by atoms with Gasteiger partial charge in [-0.3, -0.25) is 0 Å². The predicted molar refractivity (Wildman–Crippen MR) is 38.1 cm³/mol. The fourth-order valence-corrected chi connectivity index (χ4v) is 1.84. The highest BCUT2D eigenvalue weighted by Crippen LogP contribution is 2.08. The first kappa shape index (κ1) is 7.22. The topological polar surface area (TPSA) is 0 Å². The molecular formula is C6H15Si. The Morgan fingerprint density at radius 1 is 1.29 bits per heavy atom. The van der Waals surface area contributed by atoms with Crippen molar-refractivity contribution in [2.45, 2.75) is 32.6 Å². The molecule has 0 aliphatic heterocycles. The quantitative estimate of drug-likeness (QED) is 0.485. The summed E-state index contributed by atoms with van der Waals surface area (Å²) in [5.74, 6) is 0. The molecule has 0 aromatic heterocycles. The second-order valence-electron chi connectivity index (χ2n) is 3.17.